The Morgan fingerprint density at radius 3 is 3.00 bits per heavy atom. The first-order valence-electron chi connectivity index (χ1n) is 6.33. The lowest BCUT2D eigenvalue weighted by Gasteiger charge is -2.19. The fourth-order valence-electron chi connectivity index (χ4n) is 2.54. The quantitative estimate of drug-likeness (QED) is 0.854. The van der Waals surface area contributed by atoms with Crippen LogP contribution in [0.25, 0.3) is 0 Å². The highest BCUT2D eigenvalue weighted by Crippen LogP contribution is 2.25. The predicted molar refractivity (Wildman–Crippen MR) is 66.5 cm³/mol. The number of hydrogen-bond acceptors (Lipinski definition) is 2. The highest BCUT2D eigenvalue weighted by molar-refractivity contribution is 5.78. The van der Waals surface area contributed by atoms with E-state index in [1.807, 2.05) is 0 Å². The van der Waals surface area contributed by atoms with Crippen LogP contribution in [0.5, 0.6) is 0 Å². The van der Waals surface area contributed by atoms with Crippen LogP contribution in [0.3, 0.4) is 0 Å². The Bertz CT molecular complexity index is 422. The Balaban J connectivity index is 1.89. The van der Waals surface area contributed by atoms with Crippen molar-refractivity contribution in [1.82, 2.24) is 5.32 Å². The molecule has 0 heterocycles. The second-order valence-electron chi connectivity index (χ2n) is 4.85. The fraction of sp³-hybridized carbons (Fsp3) is 0.500. The lowest BCUT2D eigenvalue weighted by Crippen LogP contribution is -2.39. The van der Waals surface area contributed by atoms with Gasteiger partial charge in [0.15, 0.2) is 0 Å². The van der Waals surface area contributed by atoms with Crippen LogP contribution >= 0.6 is 0 Å². The van der Waals surface area contributed by atoms with Gasteiger partial charge in [-0.15, -0.1) is 0 Å². The molecule has 1 aliphatic carbocycles. The largest absolute Gasteiger partial charge is 0.396 e. The smallest absolute Gasteiger partial charge is 0.224 e. The van der Waals surface area contributed by atoms with E-state index in [0.717, 1.165) is 19.3 Å². The van der Waals surface area contributed by atoms with Gasteiger partial charge >= 0.3 is 0 Å². The Hall–Kier alpha value is -1.42. The summed E-state index contributed by atoms with van der Waals surface area (Å²) in [6, 6.07) is 6.14. The van der Waals surface area contributed by atoms with Gasteiger partial charge in [0.05, 0.1) is 6.42 Å². The SMILES string of the molecule is O=C(Cc1cccc(F)c1)NC1CCCC1CO. The zero-order valence-electron chi connectivity index (χ0n) is 10.2. The molecule has 2 N–H and O–H groups in total. The van der Waals surface area contributed by atoms with E-state index >= 15 is 0 Å². The van der Waals surface area contributed by atoms with Gasteiger partial charge in [0.1, 0.15) is 5.82 Å². The van der Waals surface area contributed by atoms with Crippen molar-refractivity contribution in [2.45, 2.75) is 31.7 Å². The van der Waals surface area contributed by atoms with E-state index < -0.39 is 0 Å². The molecule has 1 aromatic rings. The number of benzene rings is 1. The summed E-state index contributed by atoms with van der Waals surface area (Å²) in [5.74, 6) is -0.262. The van der Waals surface area contributed by atoms with E-state index in [4.69, 9.17) is 0 Å². The Kier molecular flexibility index (Phi) is 4.31. The minimum atomic E-state index is -0.325. The fourth-order valence-corrected chi connectivity index (χ4v) is 2.54. The van der Waals surface area contributed by atoms with E-state index in [2.05, 4.69) is 5.32 Å². The molecule has 98 valence electrons. The topological polar surface area (TPSA) is 49.3 Å². The van der Waals surface area contributed by atoms with Crippen LogP contribution in [-0.4, -0.2) is 23.7 Å². The summed E-state index contributed by atoms with van der Waals surface area (Å²) in [4.78, 5) is 11.8. The number of aliphatic hydroxyl groups is 1. The molecule has 1 amide bonds. The normalized spacial score (nSPS) is 23.0. The first kappa shape index (κ1) is 13.0. The van der Waals surface area contributed by atoms with Gasteiger partial charge < -0.3 is 10.4 Å². The standard InChI is InChI=1S/C14H18FNO2/c15-12-5-1-3-10(7-12)8-14(18)16-13-6-2-4-11(13)9-17/h1,3,5,7,11,13,17H,2,4,6,8-9H2,(H,16,18). The second-order valence-corrected chi connectivity index (χ2v) is 4.85. The van der Waals surface area contributed by atoms with Crippen LogP contribution in [0.2, 0.25) is 0 Å². The number of halogens is 1. The summed E-state index contributed by atoms with van der Waals surface area (Å²) >= 11 is 0. The maximum atomic E-state index is 13.0. The summed E-state index contributed by atoms with van der Waals surface area (Å²) in [5.41, 5.74) is 0.672. The molecule has 1 fully saturated rings. The van der Waals surface area contributed by atoms with Crippen LogP contribution < -0.4 is 5.32 Å². The van der Waals surface area contributed by atoms with E-state index in [1.54, 1.807) is 12.1 Å². The van der Waals surface area contributed by atoms with Crippen molar-refractivity contribution in [1.29, 1.82) is 0 Å². The molecular formula is C14H18FNO2. The third kappa shape index (κ3) is 3.29. The van der Waals surface area contributed by atoms with Crippen molar-refractivity contribution in [3.8, 4) is 0 Å². The number of aliphatic hydroxyl groups excluding tert-OH is 1. The molecule has 0 bridgehead atoms. The van der Waals surface area contributed by atoms with Crippen LogP contribution in [0.15, 0.2) is 24.3 Å². The van der Waals surface area contributed by atoms with E-state index in [-0.39, 0.29) is 36.7 Å². The predicted octanol–water partition coefficient (Wildman–Crippen LogP) is 1.65. The van der Waals surface area contributed by atoms with E-state index in [9.17, 15) is 14.3 Å². The molecule has 1 saturated carbocycles. The average molecular weight is 251 g/mol. The first-order valence-corrected chi connectivity index (χ1v) is 6.33. The molecule has 0 spiro atoms. The number of nitrogens with one attached hydrogen (secondary N) is 1. The van der Waals surface area contributed by atoms with Gasteiger partial charge in [-0.25, -0.2) is 4.39 Å². The van der Waals surface area contributed by atoms with Gasteiger partial charge in [-0.2, -0.15) is 0 Å². The van der Waals surface area contributed by atoms with Gasteiger partial charge in [-0.1, -0.05) is 18.6 Å². The summed E-state index contributed by atoms with van der Waals surface area (Å²) in [7, 11) is 0. The third-order valence-corrected chi connectivity index (χ3v) is 3.49. The summed E-state index contributed by atoms with van der Waals surface area (Å²) in [6.45, 7) is 0.116. The van der Waals surface area contributed by atoms with Gasteiger partial charge in [-0.3, -0.25) is 4.79 Å². The molecule has 0 aliphatic heterocycles. The first-order chi connectivity index (χ1) is 8.69. The highest BCUT2D eigenvalue weighted by atomic mass is 19.1. The summed E-state index contributed by atoms with van der Waals surface area (Å²) < 4.78 is 13.0. The molecular weight excluding hydrogens is 233 g/mol. The molecule has 4 heteroatoms. The number of carbonyl (C=O) groups is 1. The van der Waals surface area contributed by atoms with Gasteiger partial charge in [0.2, 0.25) is 5.91 Å². The molecule has 0 saturated heterocycles. The zero-order valence-corrected chi connectivity index (χ0v) is 10.2. The monoisotopic (exact) mass is 251 g/mol. The minimum Gasteiger partial charge on any atom is -0.396 e. The Morgan fingerprint density at radius 2 is 2.28 bits per heavy atom. The van der Waals surface area contributed by atoms with Crippen LogP contribution in [0.1, 0.15) is 24.8 Å². The lowest BCUT2D eigenvalue weighted by molar-refractivity contribution is -0.121. The Labute approximate surface area is 106 Å². The van der Waals surface area contributed by atoms with Crippen LogP contribution in [0.4, 0.5) is 4.39 Å². The van der Waals surface area contributed by atoms with Crippen molar-refractivity contribution in [2.75, 3.05) is 6.61 Å². The summed E-state index contributed by atoms with van der Waals surface area (Å²) in [5, 5.41) is 12.1. The van der Waals surface area contributed by atoms with Gasteiger partial charge in [-0.05, 0) is 30.5 Å². The average Bonchev–Trinajstić information content (AvgIpc) is 2.76. The number of hydrogen-bond donors (Lipinski definition) is 2. The molecule has 2 unspecified atom stereocenters. The molecule has 18 heavy (non-hydrogen) atoms. The van der Waals surface area contributed by atoms with Gasteiger partial charge in [0, 0.05) is 18.6 Å². The molecule has 1 aromatic carbocycles. The zero-order chi connectivity index (χ0) is 13.0. The molecule has 0 aromatic heterocycles. The summed E-state index contributed by atoms with van der Waals surface area (Å²) in [6.07, 6.45) is 3.10. The second kappa shape index (κ2) is 5.96. The van der Waals surface area contributed by atoms with Crippen molar-refractivity contribution in [2.24, 2.45) is 5.92 Å². The minimum absolute atomic E-state index is 0.0658. The third-order valence-electron chi connectivity index (χ3n) is 3.49. The van der Waals surface area contributed by atoms with E-state index in [0.29, 0.717) is 5.56 Å². The molecule has 2 rings (SSSR count). The van der Waals surface area contributed by atoms with Crippen molar-refractivity contribution in [3.05, 3.63) is 35.6 Å². The Morgan fingerprint density at radius 1 is 1.44 bits per heavy atom. The molecule has 2 atom stereocenters. The molecule has 3 nitrogen and oxygen atoms in total. The van der Waals surface area contributed by atoms with Gasteiger partial charge in [0.25, 0.3) is 0 Å². The number of rotatable bonds is 4. The van der Waals surface area contributed by atoms with Crippen molar-refractivity contribution >= 4 is 5.91 Å². The van der Waals surface area contributed by atoms with Crippen molar-refractivity contribution < 1.29 is 14.3 Å². The maximum Gasteiger partial charge on any atom is 0.224 e. The van der Waals surface area contributed by atoms with E-state index in [1.165, 1.54) is 12.1 Å². The number of carbonyl (C=O) groups excluding carboxylic acids is 1. The molecule has 1 aliphatic rings. The number of amides is 1. The lowest BCUT2D eigenvalue weighted by atomic mass is 10.0. The maximum absolute atomic E-state index is 13.0. The van der Waals surface area contributed by atoms with Crippen LogP contribution in [0, 0.1) is 11.7 Å². The highest BCUT2D eigenvalue weighted by Gasteiger charge is 2.27. The van der Waals surface area contributed by atoms with Crippen molar-refractivity contribution in [3.63, 3.8) is 0 Å². The molecule has 0 radical (unpaired) electrons. The van der Waals surface area contributed by atoms with Crippen LogP contribution in [-0.2, 0) is 11.2 Å².